The van der Waals surface area contributed by atoms with Crippen LogP contribution in [-0.2, 0) is 24.5 Å². The number of nitrogens with zero attached hydrogens (tertiary/aromatic N) is 2. The molecule has 1 atom stereocenters. The molecule has 0 amide bonds. The lowest BCUT2D eigenvalue weighted by Crippen LogP contribution is -2.23. The summed E-state index contributed by atoms with van der Waals surface area (Å²) in [4.78, 5) is 4.69. The molecule has 0 saturated heterocycles. The van der Waals surface area contributed by atoms with Crippen molar-refractivity contribution in [1.82, 2.24) is 9.55 Å². The van der Waals surface area contributed by atoms with Gasteiger partial charge in [-0.25, -0.2) is 4.98 Å². The summed E-state index contributed by atoms with van der Waals surface area (Å²) >= 11 is 5.90. The Morgan fingerprint density at radius 1 is 0.900 bits per heavy atom. The molecule has 0 fully saturated rings. The first-order valence-electron chi connectivity index (χ1n) is 9.81. The number of imidazole rings is 1. The highest BCUT2D eigenvalue weighted by Gasteiger charge is 2.15. The van der Waals surface area contributed by atoms with E-state index in [1.807, 2.05) is 83.4 Å². The number of rotatable bonds is 9. The summed E-state index contributed by atoms with van der Waals surface area (Å²) < 4.78 is 13.6. The SMILES string of the molecule is O[C@@H](COCc1ccc(Cl)cc1)Cn1c(COc2ccccc2)nc2ccccc21. The van der Waals surface area contributed by atoms with Gasteiger partial charge in [0, 0.05) is 5.02 Å². The van der Waals surface area contributed by atoms with Crippen LogP contribution in [0.3, 0.4) is 0 Å². The number of halogens is 1. The van der Waals surface area contributed by atoms with Gasteiger partial charge in [0.2, 0.25) is 0 Å². The molecule has 0 unspecified atom stereocenters. The summed E-state index contributed by atoms with van der Waals surface area (Å²) in [6.07, 6.45) is -0.676. The van der Waals surface area contributed by atoms with Gasteiger partial charge in [0.25, 0.3) is 0 Å². The molecule has 6 heteroatoms. The third-order valence-corrected chi connectivity index (χ3v) is 4.98. The molecule has 5 nitrogen and oxygen atoms in total. The minimum atomic E-state index is -0.676. The number of aliphatic hydroxyl groups excluding tert-OH is 1. The number of benzene rings is 3. The van der Waals surface area contributed by atoms with E-state index in [0.29, 0.717) is 24.8 Å². The van der Waals surface area contributed by atoms with Crippen molar-refractivity contribution in [3.63, 3.8) is 0 Å². The first-order chi connectivity index (χ1) is 14.7. The average molecular weight is 423 g/mol. The molecule has 154 valence electrons. The number of fused-ring (bicyclic) bond motifs is 1. The summed E-state index contributed by atoms with van der Waals surface area (Å²) in [5.74, 6) is 1.54. The van der Waals surface area contributed by atoms with E-state index in [0.717, 1.165) is 28.2 Å². The number of para-hydroxylation sites is 3. The highest BCUT2D eigenvalue weighted by atomic mass is 35.5. The van der Waals surface area contributed by atoms with Gasteiger partial charge in [-0.15, -0.1) is 0 Å². The standard InChI is InChI=1S/C24H23ClN2O3/c25-19-12-10-18(11-13-19)15-29-16-20(28)14-27-23-9-5-4-8-22(23)26-24(27)17-30-21-6-2-1-3-7-21/h1-13,20,28H,14-17H2/t20-/m1/s1. The van der Waals surface area contributed by atoms with Crippen molar-refractivity contribution in [1.29, 1.82) is 0 Å². The van der Waals surface area contributed by atoms with Crippen LogP contribution in [0.1, 0.15) is 11.4 Å². The van der Waals surface area contributed by atoms with Crippen LogP contribution in [0.15, 0.2) is 78.9 Å². The Hall–Kier alpha value is -2.86. The molecule has 0 saturated carbocycles. The van der Waals surface area contributed by atoms with Gasteiger partial charge in [-0.2, -0.15) is 0 Å². The van der Waals surface area contributed by atoms with Gasteiger partial charge in [0.1, 0.15) is 18.2 Å². The lowest BCUT2D eigenvalue weighted by Gasteiger charge is -2.15. The normalized spacial score (nSPS) is 12.2. The molecule has 4 aromatic rings. The van der Waals surface area contributed by atoms with Crippen molar-refractivity contribution in [2.75, 3.05) is 6.61 Å². The minimum Gasteiger partial charge on any atom is -0.486 e. The third kappa shape index (κ3) is 5.19. The van der Waals surface area contributed by atoms with Crippen LogP contribution in [0, 0.1) is 0 Å². The summed E-state index contributed by atoms with van der Waals surface area (Å²) in [6.45, 7) is 1.32. The molecule has 1 N–H and O–H groups in total. The quantitative estimate of drug-likeness (QED) is 0.419. The number of aliphatic hydroxyl groups is 1. The molecular weight excluding hydrogens is 400 g/mol. The van der Waals surface area contributed by atoms with Gasteiger partial charge in [-0.1, -0.05) is 54.1 Å². The number of hydrogen-bond acceptors (Lipinski definition) is 4. The van der Waals surface area contributed by atoms with Crippen molar-refractivity contribution in [2.24, 2.45) is 0 Å². The Morgan fingerprint density at radius 3 is 2.43 bits per heavy atom. The van der Waals surface area contributed by atoms with Crippen LogP contribution in [0.4, 0.5) is 0 Å². The van der Waals surface area contributed by atoms with E-state index in [1.54, 1.807) is 0 Å². The smallest absolute Gasteiger partial charge is 0.148 e. The second-order valence-corrected chi connectivity index (χ2v) is 7.46. The fraction of sp³-hybridized carbons (Fsp3) is 0.208. The van der Waals surface area contributed by atoms with Crippen LogP contribution >= 0.6 is 11.6 Å². The molecule has 0 aliphatic heterocycles. The second-order valence-electron chi connectivity index (χ2n) is 7.02. The van der Waals surface area contributed by atoms with E-state index in [-0.39, 0.29) is 6.61 Å². The van der Waals surface area contributed by atoms with E-state index >= 15 is 0 Å². The van der Waals surface area contributed by atoms with E-state index in [4.69, 9.17) is 26.1 Å². The van der Waals surface area contributed by atoms with Crippen LogP contribution in [0.5, 0.6) is 5.75 Å². The van der Waals surface area contributed by atoms with Crippen molar-refractivity contribution in [3.05, 3.63) is 95.3 Å². The van der Waals surface area contributed by atoms with E-state index in [2.05, 4.69) is 0 Å². The Morgan fingerprint density at radius 2 is 1.63 bits per heavy atom. The zero-order valence-electron chi connectivity index (χ0n) is 16.4. The summed E-state index contributed by atoms with van der Waals surface area (Å²) in [7, 11) is 0. The Balaban J connectivity index is 1.41. The number of hydrogen-bond donors (Lipinski definition) is 1. The van der Waals surface area contributed by atoms with Crippen LogP contribution in [-0.4, -0.2) is 27.4 Å². The van der Waals surface area contributed by atoms with Crippen molar-refractivity contribution in [3.8, 4) is 5.75 Å². The predicted molar refractivity (Wildman–Crippen MR) is 118 cm³/mol. The molecule has 0 aliphatic rings. The third-order valence-electron chi connectivity index (χ3n) is 4.73. The lowest BCUT2D eigenvalue weighted by molar-refractivity contribution is 0.0202. The Kier molecular flexibility index (Phi) is 6.64. The van der Waals surface area contributed by atoms with Crippen LogP contribution in [0.25, 0.3) is 11.0 Å². The van der Waals surface area contributed by atoms with E-state index in [9.17, 15) is 5.11 Å². The molecule has 0 radical (unpaired) electrons. The Bertz CT molecular complexity index is 1080. The number of aromatic nitrogens is 2. The van der Waals surface area contributed by atoms with Gasteiger partial charge in [-0.05, 0) is 42.0 Å². The lowest BCUT2D eigenvalue weighted by atomic mass is 10.2. The largest absolute Gasteiger partial charge is 0.486 e. The van der Waals surface area contributed by atoms with E-state index in [1.165, 1.54) is 0 Å². The average Bonchev–Trinajstić information content (AvgIpc) is 3.12. The van der Waals surface area contributed by atoms with Gasteiger partial charge in [-0.3, -0.25) is 0 Å². The van der Waals surface area contributed by atoms with Crippen molar-refractivity contribution >= 4 is 22.6 Å². The minimum absolute atomic E-state index is 0.216. The first kappa shape index (κ1) is 20.4. The Labute approximate surface area is 180 Å². The molecular formula is C24H23ClN2O3. The van der Waals surface area contributed by atoms with Gasteiger partial charge in [0.05, 0.1) is 36.9 Å². The molecule has 30 heavy (non-hydrogen) atoms. The molecule has 1 heterocycles. The van der Waals surface area contributed by atoms with Crippen molar-refractivity contribution in [2.45, 2.75) is 25.9 Å². The van der Waals surface area contributed by atoms with E-state index < -0.39 is 6.10 Å². The summed E-state index contributed by atoms with van der Waals surface area (Å²) in [6, 6.07) is 25.0. The molecule has 0 spiro atoms. The van der Waals surface area contributed by atoms with Gasteiger partial charge in [0.15, 0.2) is 0 Å². The maximum Gasteiger partial charge on any atom is 0.148 e. The molecule has 3 aromatic carbocycles. The molecule has 4 rings (SSSR count). The van der Waals surface area contributed by atoms with Crippen LogP contribution in [0.2, 0.25) is 5.02 Å². The highest BCUT2D eigenvalue weighted by Crippen LogP contribution is 2.19. The zero-order chi connectivity index (χ0) is 20.8. The first-order valence-corrected chi connectivity index (χ1v) is 10.2. The fourth-order valence-electron chi connectivity index (χ4n) is 3.26. The van der Waals surface area contributed by atoms with Gasteiger partial charge < -0.3 is 19.1 Å². The summed E-state index contributed by atoms with van der Waals surface area (Å²) in [5.41, 5.74) is 2.84. The monoisotopic (exact) mass is 422 g/mol. The molecule has 0 bridgehead atoms. The van der Waals surface area contributed by atoms with Crippen LogP contribution < -0.4 is 4.74 Å². The molecule has 1 aromatic heterocycles. The summed E-state index contributed by atoms with van der Waals surface area (Å²) in [5, 5.41) is 11.3. The fourth-order valence-corrected chi connectivity index (χ4v) is 3.39. The second kappa shape index (κ2) is 9.76. The maximum absolute atomic E-state index is 10.6. The van der Waals surface area contributed by atoms with Crippen molar-refractivity contribution < 1.29 is 14.6 Å². The number of ether oxygens (including phenoxy) is 2. The predicted octanol–water partition coefficient (Wildman–Crippen LogP) is 4.85. The topological polar surface area (TPSA) is 56.5 Å². The maximum atomic E-state index is 10.6. The van der Waals surface area contributed by atoms with Gasteiger partial charge >= 0.3 is 0 Å². The zero-order valence-corrected chi connectivity index (χ0v) is 17.2. The highest BCUT2D eigenvalue weighted by molar-refractivity contribution is 6.30. The molecule has 0 aliphatic carbocycles.